The number of esters is 1. The summed E-state index contributed by atoms with van der Waals surface area (Å²) in [7, 11) is 1.54. The lowest BCUT2D eigenvalue weighted by Crippen LogP contribution is -2.29. The Balaban J connectivity index is 1.41. The zero-order valence-corrected chi connectivity index (χ0v) is 23.7. The maximum absolute atomic E-state index is 13.7. The summed E-state index contributed by atoms with van der Waals surface area (Å²) in [4.78, 5) is 27.0. The Morgan fingerprint density at radius 1 is 0.951 bits per heavy atom. The molecule has 0 saturated carbocycles. The first-order valence-corrected chi connectivity index (χ1v) is 13.8. The molecule has 6 rings (SSSR count). The average Bonchev–Trinajstić information content (AvgIpc) is 3.26. The van der Waals surface area contributed by atoms with Crippen molar-refractivity contribution in [1.82, 2.24) is 5.32 Å². The molecule has 1 N–H and O–H groups in total. The Hall–Kier alpha value is -4.55. The minimum absolute atomic E-state index is 0.144. The molecule has 4 aromatic rings. The van der Waals surface area contributed by atoms with Crippen LogP contribution < -0.4 is 14.8 Å². The molecule has 206 valence electrons. The van der Waals surface area contributed by atoms with Gasteiger partial charge in [0.15, 0.2) is 17.3 Å². The molecule has 1 aliphatic heterocycles. The summed E-state index contributed by atoms with van der Waals surface area (Å²) < 4.78 is 17.3. The van der Waals surface area contributed by atoms with Gasteiger partial charge in [-0.2, -0.15) is 0 Å². The number of ketones is 1. The van der Waals surface area contributed by atoms with Gasteiger partial charge in [0, 0.05) is 28.3 Å². The molecule has 1 atom stereocenters. The Bertz CT molecular complexity index is 1790. The zero-order chi connectivity index (χ0) is 28.7. The van der Waals surface area contributed by atoms with Gasteiger partial charge in [0.05, 0.1) is 30.0 Å². The first-order chi connectivity index (χ1) is 19.9. The van der Waals surface area contributed by atoms with E-state index in [-0.39, 0.29) is 19.0 Å². The van der Waals surface area contributed by atoms with Gasteiger partial charge in [0.2, 0.25) is 0 Å². The number of rotatable bonds is 7. The number of allylic oxidation sites excluding steroid dienone is 2. The summed E-state index contributed by atoms with van der Waals surface area (Å²) in [5.74, 6) is -0.573. The third kappa shape index (κ3) is 4.64. The number of hydrogen-bond donors (Lipinski definition) is 1. The number of carbonyl (C=O) groups is 2. The lowest BCUT2D eigenvalue weighted by Gasteiger charge is -2.29. The van der Waals surface area contributed by atoms with Crippen LogP contribution in [0.1, 0.15) is 46.8 Å². The Labute approximate surface area is 243 Å². The highest BCUT2D eigenvalue weighted by atomic mass is 35.5. The predicted octanol–water partition coefficient (Wildman–Crippen LogP) is 7.21. The van der Waals surface area contributed by atoms with Gasteiger partial charge in [-0.05, 0) is 53.9 Å². The fraction of sp³-hybridized carbons (Fsp3) is 0.176. The quantitative estimate of drug-likeness (QED) is 0.239. The van der Waals surface area contributed by atoms with Crippen LogP contribution in [0.3, 0.4) is 0 Å². The van der Waals surface area contributed by atoms with Crippen molar-refractivity contribution in [2.75, 3.05) is 13.7 Å². The van der Waals surface area contributed by atoms with E-state index in [0.717, 1.165) is 21.9 Å². The number of methoxy groups -OCH3 is 1. The maximum Gasteiger partial charge on any atom is 0.336 e. The molecule has 0 aromatic heterocycles. The third-order valence-electron chi connectivity index (χ3n) is 7.53. The lowest BCUT2D eigenvalue weighted by atomic mass is 9.79. The molecular formula is C34H28ClNO5. The zero-order valence-electron chi connectivity index (χ0n) is 22.9. The van der Waals surface area contributed by atoms with E-state index >= 15 is 0 Å². The first-order valence-electron chi connectivity index (χ1n) is 13.4. The van der Waals surface area contributed by atoms with E-state index in [1.54, 1.807) is 25.1 Å². The van der Waals surface area contributed by atoms with Gasteiger partial charge in [0.25, 0.3) is 0 Å². The summed E-state index contributed by atoms with van der Waals surface area (Å²) in [5, 5.41) is 5.89. The molecule has 2 aliphatic rings. The van der Waals surface area contributed by atoms with E-state index in [1.807, 2.05) is 43.3 Å². The van der Waals surface area contributed by atoms with Gasteiger partial charge in [-0.3, -0.25) is 4.79 Å². The highest BCUT2D eigenvalue weighted by Crippen LogP contribution is 2.49. The molecule has 1 heterocycles. The third-order valence-corrected chi connectivity index (χ3v) is 7.81. The van der Waals surface area contributed by atoms with Crippen LogP contribution in [0.4, 0.5) is 0 Å². The van der Waals surface area contributed by atoms with Crippen LogP contribution >= 0.6 is 11.6 Å². The summed E-state index contributed by atoms with van der Waals surface area (Å²) in [6.45, 7) is 4.05. The fourth-order valence-corrected chi connectivity index (χ4v) is 5.95. The van der Waals surface area contributed by atoms with Crippen LogP contribution in [0.15, 0.2) is 95.7 Å². The van der Waals surface area contributed by atoms with Gasteiger partial charge in [-0.1, -0.05) is 72.3 Å². The van der Waals surface area contributed by atoms with Gasteiger partial charge < -0.3 is 19.5 Å². The van der Waals surface area contributed by atoms with Gasteiger partial charge >= 0.3 is 5.97 Å². The molecule has 41 heavy (non-hydrogen) atoms. The average molecular weight is 566 g/mol. The highest BCUT2D eigenvalue weighted by molar-refractivity contribution is 6.32. The molecule has 0 saturated heterocycles. The van der Waals surface area contributed by atoms with E-state index in [2.05, 4.69) is 29.6 Å². The van der Waals surface area contributed by atoms with Crippen molar-refractivity contribution in [2.45, 2.75) is 26.4 Å². The number of nitrogens with one attached hydrogen (secondary N) is 1. The van der Waals surface area contributed by atoms with Crippen LogP contribution in [0, 0.1) is 0 Å². The van der Waals surface area contributed by atoms with Crippen LogP contribution in [-0.2, 0) is 16.1 Å². The van der Waals surface area contributed by atoms with Crippen molar-refractivity contribution < 1.29 is 23.8 Å². The normalized spacial score (nSPS) is 15.9. The molecule has 0 spiro atoms. The number of dihydropyridines is 1. The van der Waals surface area contributed by atoms with E-state index in [0.29, 0.717) is 50.2 Å². The Morgan fingerprint density at radius 2 is 1.68 bits per heavy atom. The van der Waals surface area contributed by atoms with E-state index in [4.69, 9.17) is 25.8 Å². The standard InChI is InChI=1S/C34H28ClNO5/c1-4-40-34(38)28-19(2)36-31-24-11-7-8-12-25(24)32(37)30(31)29(28)23-16-26(35)33(27(17-23)39-3)41-18-20-13-14-21-9-5-6-10-22(21)15-20/h5-17,29,36H,4,18H2,1-3H3/t29-/m0/s1. The first kappa shape index (κ1) is 26.7. The molecule has 7 heteroatoms. The van der Waals surface area contributed by atoms with Crippen molar-refractivity contribution in [2.24, 2.45) is 0 Å². The largest absolute Gasteiger partial charge is 0.493 e. The van der Waals surface area contributed by atoms with Crippen LogP contribution in [-0.4, -0.2) is 25.5 Å². The number of Topliss-reactive ketones (excluding diaryl/α,β-unsaturated/α-hetero) is 1. The molecule has 0 unspecified atom stereocenters. The van der Waals surface area contributed by atoms with Crippen molar-refractivity contribution >= 4 is 39.8 Å². The molecular weight excluding hydrogens is 538 g/mol. The summed E-state index contributed by atoms with van der Waals surface area (Å²) in [6, 6.07) is 25.2. The second kappa shape index (κ2) is 10.8. The fourth-order valence-electron chi connectivity index (χ4n) is 5.67. The number of halogens is 1. The molecule has 4 aromatic carbocycles. The highest BCUT2D eigenvalue weighted by Gasteiger charge is 2.43. The van der Waals surface area contributed by atoms with Crippen LogP contribution in [0.5, 0.6) is 11.5 Å². The maximum atomic E-state index is 13.7. The summed E-state index contributed by atoms with van der Waals surface area (Å²) >= 11 is 6.83. The van der Waals surface area contributed by atoms with Crippen LogP contribution in [0.25, 0.3) is 16.5 Å². The Morgan fingerprint density at radius 3 is 2.44 bits per heavy atom. The minimum atomic E-state index is -0.717. The molecule has 1 aliphatic carbocycles. The number of ether oxygens (including phenoxy) is 3. The molecule has 0 fully saturated rings. The summed E-state index contributed by atoms with van der Waals surface area (Å²) in [5.41, 5.74) is 5.13. The number of benzene rings is 4. The second-order valence-electron chi connectivity index (χ2n) is 9.98. The number of hydrogen-bond acceptors (Lipinski definition) is 6. The van der Waals surface area contributed by atoms with Gasteiger partial charge in [0.1, 0.15) is 6.61 Å². The molecule has 0 bridgehead atoms. The van der Waals surface area contributed by atoms with Crippen molar-refractivity contribution in [3.8, 4) is 11.5 Å². The van der Waals surface area contributed by atoms with E-state index in [9.17, 15) is 9.59 Å². The topological polar surface area (TPSA) is 73.9 Å². The number of carbonyl (C=O) groups excluding carboxylic acids is 2. The second-order valence-corrected chi connectivity index (χ2v) is 10.4. The van der Waals surface area contributed by atoms with Crippen molar-refractivity contribution in [3.05, 3.63) is 123 Å². The number of fused-ring (bicyclic) bond motifs is 3. The molecule has 0 amide bonds. The van der Waals surface area contributed by atoms with Crippen molar-refractivity contribution in [1.29, 1.82) is 0 Å². The van der Waals surface area contributed by atoms with E-state index < -0.39 is 11.9 Å². The minimum Gasteiger partial charge on any atom is -0.493 e. The van der Waals surface area contributed by atoms with Gasteiger partial charge in [-0.25, -0.2) is 4.79 Å². The lowest BCUT2D eigenvalue weighted by molar-refractivity contribution is -0.138. The van der Waals surface area contributed by atoms with Crippen molar-refractivity contribution in [3.63, 3.8) is 0 Å². The van der Waals surface area contributed by atoms with Crippen LogP contribution in [0.2, 0.25) is 5.02 Å². The SMILES string of the molecule is CCOC(=O)C1=C(C)NC2=C(C(=O)c3ccccc32)[C@H]1c1cc(Cl)c(OCc2ccc3ccccc3c2)c(OC)c1. The summed E-state index contributed by atoms with van der Waals surface area (Å²) in [6.07, 6.45) is 0. The predicted molar refractivity (Wildman–Crippen MR) is 159 cm³/mol. The molecule has 0 radical (unpaired) electrons. The molecule has 6 nitrogen and oxygen atoms in total. The van der Waals surface area contributed by atoms with Gasteiger partial charge in [-0.15, -0.1) is 0 Å². The monoisotopic (exact) mass is 565 g/mol. The smallest absolute Gasteiger partial charge is 0.336 e. The Kier molecular flexibility index (Phi) is 7.01. The van der Waals surface area contributed by atoms with E-state index in [1.165, 1.54) is 7.11 Å².